The van der Waals surface area contributed by atoms with E-state index in [4.69, 9.17) is 23.4 Å². The smallest absolute Gasteiger partial charge is 0.330 e. The molecule has 1 aliphatic heterocycles. The van der Waals surface area contributed by atoms with E-state index < -0.39 is 49.6 Å². The lowest BCUT2D eigenvalue weighted by Gasteiger charge is -2.45. The summed E-state index contributed by atoms with van der Waals surface area (Å²) in [5.41, 5.74) is -0.907. The molecule has 2 heterocycles. The molecule has 1 fully saturated rings. The molecular formula is C42H46N2O8Si. The van der Waals surface area contributed by atoms with Crippen LogP contribution in [0.5, 0.6) is 0 Å². The van der Waals surface area contributed by atoms with E-state index in [1.165, 1.54) is 23.8 Å². The Morgan fingerprint density at radius 3 is 1.81 bits per heavy atom. The number of benzene rings is 4. The van der Waals surface area contributed by atoms with Gasteiger partial charge in [0.1, 0.15) is 11.7 Å². The summed E-state index contributed by atoms with van der Waals surface area (Å²) in [5.74, 6) is -0.594. The first kappa shape index (κ1) is 37.8. The predicted molar refractivity (Wildman–Crippen MR) is 204 cm³/mol. The van der Waals surface area contributed by atoms with Crippen LogP contribution in [0.4, 0.5) is 0 Å². The molecule has 1 N–H and O–H groups in total. The van der Waals surface area contributed by atoms with Gasteiger partial charge in [0.2, 0.25) is 0 Å². The highest BCUT2D eigenvalue weighted by Gasteiger charge is 2.61. The third-order valence-corrected chi connectivity index (χ3v) is 14.5. The van der Waals surface area contributed by atoms with Crippen molar-refractivity contribution >= 4 is 24.7 Å². The fraction of sp³-hybridized carbons (Fsp3) is 0.310. The van der Waals surface area contributed by atoms with Crippen molar-refractivity contribution in [1.82, 2.24) is 9.55 Å². The number of hydrogen-bond donors (Lipinski definition) is 1. The number of ether oxygens (including phenoxy) is 4. The van der Waals surface area contributed by atoms with Crippen molar-refractivity contribution in [3.8, 4) is 0 Å². The number of aromatic amines is 1. The highest BCUT2D eigenvalue weighted by molar-refractivity contribution is 6.99. The summed E-state index contributed by atoms with van der Waals surface area (Å²) in [5, 5.41) is 1.73. The van der Waals surface area contributed by atoms with Gasteiger partial charge in [-0.1, -0.05) is 142 Å². The van der Waals surface area contributed by atoms with Gasteiger partial charge in [-0.15, -0.1) is 0 Å². The summed E-state index contributed by atoms with van der Waals surface area (Å²) in [4.78, 5) is 40.7. The minimum Gasteiger partial charge on any atom is -0.455 e. The van der Waals surface area contributed by atoms with E-state index in [9.17, 15) is 14.4 Å². The van der Waals surface area contributed by atoms with Gasteiger partial charge in [-0.05, 0) is 26.5 Å². The van der Waals surface area contributed by atoms with Crippen LogP contribution in [0, 0.1) is 0 Å². The Balaban J connectivity index is 1.51. The molecule has 4 aromatic carbocycles. The summed E-state index contributed by atoms with van der Waals surface area (Å²) in [7, 11) is -3.17. The van der Waals surface area contributed by atoms with Crippen molar-refractivity contribution in [2.24, 2.45) is 0 Å². The maximum Gasteiger partial charge on any atom is 0.330 e. The van der Waals surface area contributed by atoms with Crippen LogP contribution in [0.1, 0.15) is 45.0 Å². The molecule has 1 saturated heterocycles. The number of hydrogen-bond acceptors (Lipinski definition) is 8. The fourth-order valence-electron chi connectivity index (χ4n) is 7.17. The minimum atomic E-state index is -3.17. The summed E-state index contributed by atoms with van der Waals surface area (Å²) in [6, 6.07) is 41.0. The second-order valence-electron chi connectivity index (χ2n) is 14.3. The molecule has 10 nitrogen and oxygen atoms in total. The second kappa shape index (κ2) is 16.4. The van der Waals surface area contributed by atoms with Crippen molar-refractivity contribution in [3.63, 3.8) is 0 Å². The van der Waals surface area contributed by atoms with Crippen LogP contribution in [0.15, 0.2) is 143 Å². The average molecular weight is 735 g/mol. The number of rotatable bonds is 14. The lowest BCUT2D eigenvalue weighted by atomic mass is 9.96. The first-order valence-corrected chi connectivity index (χ1v) is 19.6. The number of esters is 1. The van der Waals surface area contributed by atoms with Gasteiger partial charge in [-0.25, -0.2) is 4.79 Å². The minimum absolute atomic E-state index is 0.0497. The highest BCUT2D eigenvalue weighted by atomic mass is 28.4. The molecule has 0 amide bonds. The Morgan fingerprint density at radius 1 is 0.774 bits per heavy atom. The van der Waals surface area contributed by atoms with Crippen LogP contribution < -0.4 is 21.6 Å². The van der Waals surface area contributed by atoms with Gasteiger partial charge < -0.3 is 23.4 Å². The summed E-state index contributed by atoms with van der Waals surface area (Å²) >= 11 is 0. The molecule has 6 rings (SSSR count). The Kier molecular flexibility index (Phi) is 11.7. The third kappa shape index (κ3) is 8.35. The quantitative estimate of drug-likeness (QED) is 0.124. The molecule has 276 valence electrons. The van der Waals surface area contributed by atoms with Gasteiger partial charge in [0, 0.05) is 19.2 Å². The van der Waals surface area contributed by atoms with Crippen LogP contribution in [0.3, 0.4) is 0 Å². The van der Waals surface area contributed by atoms with Gasteiger partial charge >= 0.3 is 11.7 Å². The lowest BCUT2D eigenvalue weighted by Crippen LogP contribution is -2.68. The standard InChI is InChI=1S/C42H46N2O8Si/c1-31(45)51-37-38(49-28-33-19-11-6-12-20-33)42(29-48-27-32-17-9-5-10-18-32,52-39(37)44-26-25-36(46)43-40(44)47)30-50-53(41(2,3)4,34-21-13-7-14-22-34)35-23-15-8-16-24-35/h5-26,37-39H,27-30H2,1-4H3,(H,43,46,47)/t37-,38+,39-,42+/m1/s1. The fourth-order valence-corrected chi connectivity index (χ4v) is 11.8. The van der Waals surface area contributed by atoms with Crippen molar-refractivity contribution in [1.29, 1.82) is 0 Å². The van der Waals surface area contributed by atoms with Crippen LogP contribution in [-0.4, -0.2) is 54.9 Å². The first-order chi connectivity index (χ1) is 25.5. The molecule has 0 unspecified atom stereocenters. The number of carbonyl (C=O) groups is 1. The normalized spacial score (nSPS) is 20.3. The summed E-state index contributed by atoms with van der Waals surface area (Å²) in [6.07, 6.45) is -2.00. The van der Waals surface area contributed by atoms with E-state index in [1.807, 2.05) is 97.1 Å². The number of H-pyrrole nitrogens is 1. The Hall–Kier alpha value is -4.91. The van der Waals surface area contributed by atoms with Crippen LogP contribution >= 0.6 is 0 Å². The Labute approximate surface area is 310 Å². The molecular weight excluding hydrogens is 689 g/mol. The Bertz CT molecular complexity index is 2010. The summed E-state index contributed by atoms with van der Waals surface area (Å²) in [6.45, 7) is 8.12. The van der Waals surface area contributed by atoms with Crippen molar-refractivity contribution in [2.75, 3.05) is 13.2 Å². The largest absolute Gasteiger partial charge is 0.455 e. The monoisotopic (exact) mass is 734 g/mol. The average Bonchev–Trinajstić information content (AvgIpc) is 3.43. The molecule has 1 aliphatic rings. The van der Waals surface area contributed by atoms with Crippen molar-refractivity contribution in [2.45, 2.75) is 70.0 Å². The van der Waals surface area contributed by atoms with Gasteiger partial charge in [-0.3, -0.25) is 19.1 Å². The van der Waals surface area contributed by atoms with E-state index >= 15 is 0 Å². The SMILES string of the molecule is CC(=O)O[C@H]1[C@H](n2ccc(=O)[nH]c2=O)O[C@@](COCc2ccccc2)(CO[Si](c2ccccc2)(c2ccccc2)C(C)(C)C)[C@H]1OCc1ccccc1. The van der Waals surface area contributed by atoms with Crippen molar-refractivity contribution in [3.05, 3.63) is 166 Å². The Morgan fingerprint density at radius 2 is 1.30 bits per heavy atom. The van der Waals surface area contributed by atoms with Crippen LogP contribution in [-0.2, 0) is 41.4 Å². The number of aromatic nitrogens is 2. The molecule has 4 atom stereocenters. The van der Waals surface area contributed by atoms with Gasteiger partial charge in [-0.2, -0.15) is 0 Å². The van der Waals surface area contributed by atoms with Crippen LogP contribution in [0.25, 0.3) is 0 Å². The van der Waals surface area contributed by atoms with E-state index in [0.717, 1.165) is 21.5 Å². The lowest BCUT2D eigenvalue weighted by molar-refractivity contribution is -0.173. The zero-order valence-electron chi connectivity index (χ0n) is 30.5. The predicted octanol–water partition coefficient (Wildman–Crippen LogP) is 5.11. The zero-order valence-corrected chi connectivity index (χ0v) is 31.5. The van der Waals surface area contributed by atoms with Gasteiger partial charge in [0.15, 0.2) is 12.3 Å². The maximum absolute atomic E-state index is 13.4. The number of nitrogens with zero attached hydrogens (tertiary/aromatic N) is 1. The van der Waals surface area contributed by atoms with Crippen LogP contribution in [0.2, 0.25) is 5.04 Å². The molecule has 0 spiro atoms. The highest BCUT2D eigenvalue weighted by Crippen LogP contribution is 2.44. The third-order valence-electron chi connectivity index (χ3n) is 9.56. The first-order valence-electron chi connectivity index (χ1n) is 17.7. The summed E-state index contributed by atoms with van der Waals surface area (Å²) < 4.78 is 35.0. The van der Waals surface area contributed by atoms with E-state index in [0.29, 0.717) is 0 Å². The van der Waals surface area contributed by atoms with Crippen molar-refractivity contribution < 1.29 is 28.2 Å². The number of carbonyl (C=O) groups excluding carboxylic acids is 1. The van der Waals surface area contributed by atoms with E-state index in [-0.39, 0.29) is 31.5 Å². The molecule has 11 heteroatoms. The maximum atomic E-state index is 13.4. The zero-order chi connectivity index (χ0) is 37.5. The molecule has 0 aliphatic carbocycles. The topological polar surface area (TPSA) is 118 Å². The number of nitrogens with one attached hydrogen (secondary N) is 1. The molecule has 53 heavy (non-hydrogen) atoms. The molecule has 0 saturated carbocycles. The van der Waals surface area contributed by atoms with E-state index in [2.05, 4.69) is 50.0 Å². The molecule has 0 radical (unpaired) electrons. The van der Waals surface area contributed by atoms with Gasteiger partial charge in [0.25, 0.3) is 13.9 Å². The molecule has 0 bridgehead atoms. The molecule has 5 aromatic rings. The van der Waals surface area contributed by atoms with E-state index in [1.54, 1.807) is 0 Å². The second-order valence-corrected chi connectivity index (χ2v) is 18.6. The van der Waals surface area contributed by atoms with Gasteiger partial charge in [0.05, 0.1) is 26.4 Å². The molecule has 1 aromatic heterocycles.